The average molecular weight is 325 g/mol. The molecular weight excluding hydrogens is 302 g/mol. The molecule has 2 aliphatic heterocycles. The Kier molecular flexibility index (Phi) is 5.29. The van der Waals surface area contributed by atoms with E-state index in [9.17, 15) is 4.79 Å². The molecule has 126 valence electrons. The summed E-state index contributed by atoms with van der Waals surface area (Å²) in [5, 5.41) is 12.4. The predicted molar refractivity (Wildman–Crippen MR) is 92.3 cm³/mol. The van der Waals surface area contributed by atoms with Gasteiger partial charge in [-0.1, -0.05) is 12.1 Å². The molecule has 1 atom stereocenters. The van der Waals surface area contributed by atoms with Crippen LogP contribution in [0.5, 0.6) is 0 Å². The Hall–Kier alpha value is -2.16. The Morgan fingerprint density at radius 3 is 2.92 bits per heavy atom. The minimum absolute atomic E-state index is 0.162. The molecule has 5 heteroatoms. The molecule has 0 spiro atoms. The van der Waals surface area contributed by atoms with Gasteiger partial charge in [-0.3, -0.25) is 4.79 Å². The Balaban J connectivity index is 1.65. The fourth-order valence-electron chi connectivity index (χ4n) is 3.38. The van der Waals surface area contributed by atoms with E-state index in [4.69, 9.17) is 10.00 Å². The molecule has 1 aromatic rings. The summed E-state index contributed by atoms with van der Waals surface area (Å²) >= 11 is 0. The molecule has 2 heterocycles. The highest BCUT2D eigenvalue weighted by atomic mass is 16.5. The van der Waals surface area contributed by atoms with Gasteiger partial charge in [0.25, 0.3) is 0 Å². The molecule has 0 aliphatic carbocycles. The number of ether oxygens (including phenoxy) is 1. The minimum atomic E-state index is 0.162. The summed E-state index contributed by atoms with van der Waals surface area (Å²) < 4.78 is 5.31. The van der Waals surface area contributed by atoms with Gasteiger partial charge in [-0.2, -0.15) is 5.26 Å². The molecule has 3 rings (SSSR count). The van der Waals surface area contributed by atoms with E-state index in [1.165, 1.54) is 11.1 Å². The molecule has 0 aromatic heterocycles. The molecule has 1 N–H and O–H groups in total. The topological polar surface area (TPSA) is 65.4 Å². The fourth-order valence-corrected chi connectivity index (χ4v) is 3.38. The van der Waals surface area contributed by atoms with Crippen molar-refractivity contribution in [3.8, 4) is 6.07 Å². The van der Waals surface area contributed by atoms with Gasteiger partial charge >= 0.3 is 0 Å². The summed E-state index contributed by atoms with van der Waals surface area (Å²) in [4.78, 5) is 14.3. The SMILES string of the molecule is Cc1cc(C#N)ccc1C1=CCNC(CC(=O)N2CCOCC2)C1. The van der Waals surface area contributed by atoms with E-state index in [1.54, 1.807) is 0 Å². The summed E-state index contributed by atoms with van der Waals surface area (Å²) in [6.07, 6.45) is 3.54. The van der Waals surface area contributed by atoms with E-state index < -0.39 is 0 Å². The van der Waals surface area contributed by atoms with Gasteiger partial charge in [0.05, 0.1) is 24.8 Å². The third-order valence-electron chi connectivity index (χ3n) is 4.71. The van der Waals surface area contributed by atoms with E-state index >= 15 is 0 Å². The molecule has 0 saturated carbocycles. The van der Waals surface area contributed by atoms with Gasteiger partial charge in [-0.25, -0.2) is 0 Å². The number of morpholine rings is 1. The summed E-state index contributed by atoms with van der Waals surface area (Å²) in [6.45, 7) is 5.48. The highest BCUT2D eigenvalue weighted by molar-refractivity contribution is 5.78. The van der Waals surface area contributed by atoms with Gasteiger partial charge in [0, 0.05) is 32.1 Å². The summed E-state index contributed by atoms with van der Waals surface area (Å²) in [6, 6.07) is 8.14. The number of carbonyl (C=O) groups excluding carboxylic acids is 1. The molecule has 0 bridgehead atoms. The summed E-state index contributed by atoms with van der Waals surface area (Å²) in [7, 11) is 0. The normalized spacial score (nSPS) is 21.1. The van der Waals surface area contributed by atoms with Crippen LogP contribution in [0.1, 0.15) is 29.5 Å². The summed E-state index contributed by atoms with van der Waals surface area (Å²) in [5.41, 5.74) is 4.24. The van der Waals surface area contributed by atoms with Crippen molar-refractivity contribution >= 4 is 11.5 Å². The first-order valence-electron chi connectivity index (χ1n) is 8.46. The number of rotatable bonds is 3. The zero-order chi connectivity index (χ0) is 16.9. The second-order valence-corrected chi connectivity index (χ2v) is 6.38. The van der Waals surface area contributed by atoms with Gasteiger partial charge in [0.2, 0.25) is 5.91 Å². The highest BCUT2D eigenvalue weighted by Crippen LogP contribution is 2.27. The lowest BCUT2D eigenvalue weighted by atomic mass is 9.90. The Morgan fingerprint density at radius 2 is 2.21 bits per heavy atom. The van der Waals surface area contributed by atoms with E-state index in [0.717, 1.165) is 18.5 Å². The van der Waals surface area contributed by atoms with Crippen molar-refractivity contribution in [3.63, 3.8) is 0 Å². The number of hydrogen-bond donors (Lipinski definition) is 1. The maximum Gasteiger partial charge on any atom is 0.224 e. The smallest absolute Gasteiger partial charge is 0.224 e. The number of nitrogens with one attached hydrogen (secondary N) is 1. The zero-order valence-corrected chi connectivity index (χ0v) is 14.0. The van der Waals surface area contributed by atoms with Gasteiger partial charge in [-0.15, -0.1) is 0 Å². The molecule has 0 radical (unpaired) electrons. The fraction of sp³-hybridized carbons (Fsp3) is 0.474. The number of nitriles is 1. The molecule has 1 aromatic carbocycles. The highest BCUT2D eigenvalue weighted by Gasteiger charge is 2.23. The number of benzene rings is 1. The van der Waals surface area contributed by atoms with Crippen LogP contribution in [0.2, 0.25) is 0 Å². The first kappa shape index (κ1) is 16.7. The quantitative estimate of drug-likeness (QED) is 0.921. The van der Waals surface area contributed by atoms with Crippen molar-refractivity contribution in [3.05, 3.63) is 41.0 Å². The van der Waals surface area contributed by atoms with Crippen LogP contribution in [0, 0.1) is 18.3 Å². The van der Waals surface area contributed by atoms with Crippen molar-refractivity contribution in [2.45, 2.75) is 25.8 Å². The number of aryl methyl sites for hydroxylation is 1. The Bertz CT molecular complexity index is 684. The van der Waals surface area contributed by atoms with Crippen molar-refractivity contribution in [1.82, 2.24) is 10.2 Å². The Morgan fingerprint density at radius 1 is 1.42 bits per heavy atom. The van der Waals surface area contributed by atoms with Crippen LogP contribution in [0.25, 0.3) is 5.57 Å². The lowest BCUT2D eigenvalue weighted by Gasteiger charge is -2.30. The molecule has 2 aliphatic rings. The lowest BCUT2D eigenvalue weighted by molar-refractivity contribution is -0.135. The van der Waals surface area contributed by atoms with Crippen LogP contribution in [-0.2, 0) is 9.53 Å². The minimum Gasteiger partial charge on any atom is -0.378 e. The predicted octanol–water partition coefficient (Wildman–Crippen LogP) is 1.86. The van der Waals surface area contributed by atoms with Gasteiger partial charge in [0.1, 0.15) is 0 Å². The van der Waals surface area contributed by atoms with Crippen LogP contribution in [0.3, 0.4) is 0 Å². The van der Waals surface area contributed by atoms with Crippen molar-refractivity contribution < 1.29 is 9.53 Å². The number of amides is 1. The van der Waals surface area contributed by atoms with Gasteiger partial charge in [0.15, 0.2) is 0 Å². The standard InChI is InChI=1S/C19H23N3O2/c1-14-10-15(13-20)2-3-18(14)16-4-5-21-17(11-16)12-19(23)22-6-8-24-9-7-22/h2-4,10,17,21H,5-9,11-12H2,1H3. The zero-order valence-electron chi connectivity index (χ0n) is 14.0. The molecule has 1 saturated heterocycles. The molecule has 5 nitrogen and oxygen atoms in total. The second kappa shape index (κ2) is 7.61. The van der Waals surface area contributed by atoms with E-state index in [2.05, 4.69) is 17.5 Å². The van der Waals surface area contributed by atoms with Crippen LogP contribution >= 0.6 is 0 Å². The summed E-state index contributed by atoms with van der Waals surface area (Å²) in [5.74, 6) is 0.202. The first-order valence-corrected chi connectivity index (χ1v) is 8.46. The van der Waals surface area contributed by atoms with Crippen molar-refractivity contribution in [2.75, 3.05) is 32.8 Å². The van der Waals surface area contributed by atoms with Gasteiger partial charge in [-0.05, 0) is 42.2 Å². The molecule has 24 heavy (non-hydrogen) atoms. The van der Waals surface area contributed by atoms with Crippen LogP contribution in [-0.4, -0.2) is 49.7 Å². The first-order chi connectivity index (χ1) is 11.7. The molecular formula is C19H23N3O2. The number of nitrogens with zero attached hydrogens (tertiary/aromatic N) is 2. The van der Waals surface area contributed by atoms with Crippen LogP contribution in [0.15, 0.2) is 24.3 Å². The lowest BCUT2D eigenvalue weighted by Crippen LogP contribution is -2.44. The number of carbonyl (C=O) groups is 1. The molecule has 1 fully saturated rings. The third kappa shape index (κ3) is 3.84. The average Bonchev–Trinajstić information content (AvgIpc) is 2.62. The Labute approximate surface area is 142 Å². The second-order valence-electron chi connectivity index (χ2n) is 6.38. The van der Waals surface area contributed by atoms with Crippen molar-refractivity contribution in [2.24, 2.45) is 0 Å². The van der Waals surface area contributed by atoms with Gasteiger partial charge < -0.3 is 15.0 Å². The third-order valence-corrected chi connectivity index (χ3v) is 4.71. The van der Waals surface area contributed by atoms with E-state index in [1.807, 2.05) is 30.0 Å². The van der Waals surface area contributed by atoms with E-state index in [-0.39, 0.29) is 11.9 Å². The monoisotopic (exact) mass is 325 g/mol. The van der Waals surface area contributed by atoms with Crippen LogP contribution in [0.4, 0.5) is 0 Å². The molecule has 1 amide bonds. The van der Waals surface area contributed by atoms with Crippen molar-refractivity contribution in [1.29, 1.82) is 5.26 Å². The van der Waals surface area contributed by atoms with E-state index in [0.29, 0.717) is 38.3 Å². The molecule has 1 unspecified atom stereocenters. The number of hydrogen-bond acceptors (Lipinski definition) is 4. The maximum absolute atomic E-state index is 12.4. The van der Waals surface area contributed by atoms with Crippen LogP contribution < -0.4 is 5.32 Å². The largest absolute Gasteiger partial charge is 0.378 e. The maximum atomic E-state index is 12.4.